The molecule has 0 atom stereocenters. The summed E-state index contributed by atoms with van der Waals surface area (Å²) in [5.74, 6) is 0.254. The van der Waals surface area contributed by atoms with Crippen LogP contribution in [0.5, 0.6) is 0 Å². The predicted octanol–water partition coefficient (Wildman–Crippen LogP) is 4.18. The molecule has 0 unspecified atom stereocenters. The Bertz CT molecular complexity index is 436. The van der Waals surface area contributed by atoms with Crippen LogP contribution in [0.15, 0.2) is 22.7 Å². The van der Waals surface area contributed by atoms with Gasteiger partial charge in [-0.3, -0.25) is 4.79 Å². The lowest BCUT2D eigenvalue weighted by Gasteiger charge is -2.32. The zero-order valence-corrected chi connectivity index (χ0v) is 11.7. The van der Waals surface area contributed by atoms with Crippen molar-refractivity contribution in [3.8, 4) is 0 Å². The fourth-order valence-electron chi connectivity index (χ4n) is 2.60. The molecule has 0 amide bonds. The normalized spacial score (nSPS) is 18.9. The summed E-state index contributed by atoms with van der Waals surface area (Å²) in [6, 6.07) is 5.44. The molecular weight excluding hydrogens is 278 g/mol. The number of Topliss-reactive ketones (excluding diaryl/α,β-unsaturated/α-hetero) is 1. The Labute approximate surface area is 111 Å². The van der Waals surface area contributed by atoms with Gasteiger partial charge in [-0.2, -0.15) is 0 Å². The molecule has 1 aliphatic carbocycles. The quantitative estimate of drug-likeness (QED) is 0.657. The number of carbonyl (C=O) groups excluding carboxylic acids is 1. The van der Waals surface area contributed by atoms with Gasteiger partial charge in [-0.15, -0.1) is 0 Å². The molecule has 2 N–H and O–H groups in total. The summed E-state index contributed by atoms with van der Waals surface area (Å²) in [6.07, 6.45) is 5.58. The first-order chi connectivity index (χ1) is 8.03. The Morgan fingerprint density at radius 3 is 2.53 bits per heavy atom. The van der Waals surface area contributed by atoms with Crippen molar-refractivity contribution >= 4 is 27.4 Å². The van der Waals surface area contributed by atoms with Crippen LogP contribution in [0.1, 0.15) is 49.4 Å². The van der Waals surface area contributed by atoms with E-state index in [1.807, 2.05) is 6.07 Å². The molecule has 3 heteroatoms. The summed E-state index contributed by atoms with van der Waals surface area (Å²) < 4.78 is 0.814. The Hall–Kier alpha value is -0.830. The monoisotopic (exact) mass is 295 g/mol. The maximum absolute atomic E-state index is 12.6. The van der Waals surface area contributed by atoms with Crippen molar-refractivity contribution in [3.63, 3.8) is 0 Å². The van der Waals surface area contributed by atoms with Gasteiger partial charge in [0.15, 0.2) is 5.78 Å². The van der Waals surface area contributed by atoms with E-state index in [9.17, 15) is 4.79 Å². The van der Waals surface area contributed by atoms with Gasteiger partial charge < -0.3 is 5.73 Å². The molecule has 1 aromatic carbocycles. The van der Waals surface area contributed by atoms with Crippen LogP contribution in [0.3, 0.4) is 0 Å². The highest BCUT2D eigenvalue weighted by molar-refractivity contribution is 9.10. The highest BCUT2D eigenvalue weighted by atomic mass is 79.9. The van der Waals surface area contributed by atoms with E-state index in [4.69, 9.17) is 5.73 Å². The van der Waals surface area contributed by atoms with Crippen molar-refractivity contribution in [2.75, 3.05) is 5.73 Å². The number of ketones is 1. The van der Waals surface area contributed by atoms with E-state index >= 15 is 0 Å². The number of benzene rings is 1. The molecule has 92 valence electrons. The molecule has 0 saturated heterocycles. The molecule has 1 aromatic rings. The number of anilines is 1. The van der Waals surface area contributed by atoms with E-state index in [1.165, 1.54) is 6.42 Å². The Balaban J connectivity index is 2.30. The van der Waals surface area contributed by atoms with Crippen molar-refractivity contribution < 1.29 is 4.79 Å². The number of carbonyl (C=O) groups is 1. The lowest BCUT2D eigenvalue weighted by atomic mass is 9.71. The molecule has 1 aliphatic rings. The van der Waals surface area contributed by atoms with Crippen LogP contribution in [0.2, 0.25) is 0 Å². The first-order valence-corrected chi connectivity index (χ1v) is 6.92. The third-order valence-corrected chi connectivity index (χ3v) is 4.40. The Morgan fingerprint density at radius 2 is 1.94 bits per heavy atom. The average molecular weight is 296 g/mol. The maximum Gasteiger partial charge on any atom is 0.169 e. The van der Waals surface area contributed by atoms with Crippen LogP contribution >= 0.6 is 15.9 Å². The second-order valence-corrected chi connectivity index (χ2v) is 6.04. The van der Waals surface area contributed by atoms with Gasteiger partial charge >= 0.3 is 0 Å². The summed E-state index contributed by atoms with van der Waals surface area (Å²) in [5.41, 5.74) is 6.96. The SMILES string of the molecule is CC1(C(=O)c2ccc(N)cc2Br)CCCCC1. The molecule has 0 radical (unpaired) electrons. The predicted molar refractivity (Wildman–Crippen MR) is 74.1 cm³/mol. The Morgan fingerprint density at radius 1 is 1.29 bits per heavy atom. The van der Waals surface area contributed by atoms with Crippen molar-refractivity contribution in [1.29, 1.82) is 0 Å². The summed E-state index contributed by atoms with van der Waals surface area (Å²) in [7, 11) is 0. The fraction of sp³-hybridized carbons (Fsp3) is 0.500. The molecule has 1 saturated carbocycles. The zero-order chi connectivity index (χ0) is 12.5. The van der Waals surface area contributed by atoms with Crippen LogP contribution in [-0.4, -0.2) is 5.78 Å². The number of hydrogen-bond donors (Lipinski definition) is 1. The van der Waals surface area contributed by atoms with Crippen LogP contribution in [-0.2, 0) is 0 Å². The molecule has 0 aliphatic heterocycles. The lowest BCUT2D eigenvalue weighted by Crippen LogP contribution is -2.30. The number of hydrogen-bond acceptors (Lipinski definition) is 2. The zero-order valence-electron chi connectivity index (χ0n) is 10.1. The van der Waals surface area contributed by atoms with Gasteiger partial charge in [0.05, 0.1) is 0 Å². The second kappa shape index (κ2) is 4.81. The van der Waals surface area contributed by atoms with Crippen LogP contribution in [0.25, 0.3) is 0 Å². The summed E-state index contributed by atoms with van der Waals surface area (Å²) in [5, 5.41) is 0. The smallest absolute Gasteiger partial charge is 0.169 e. The number of nitrogen functional groups attached to an aromatic ring is 1. The number of rotatable bonds is 2. The molecule has 1 fully saturated rings. The first kappa shape index (κ1) is 12.6. The van der Waals surface area contributed by atoms with Gasteiger partial charge in [0.25, 0.3) is 0 Å². The molecule has 0 aromatic heterocycles. The molecule has 0 heterocycles. The third-order valence-electron chi connectivity index (χ3n) is 3.74. The highest BCUT2D eigenvalue weighted by Crippen LogP contribution is 2.40. The highest BCUT2D eigenvalue weighted by Gasteiger charge is 2.35. The minimum atomic E-state index is -0.184. The van der Waals surface area contributed by atoms with Crippen molar-refractivity contribution in [2.24, 2.45) is 5.41 Å². The summed E-state index contributed by atoms with van der Waals surface area (Å²) >= 11 is 3.44. The van der Waals surface area contributed by atoms with Gasteiger partial charge in [-0.1, -0.05) is 26.2 Å². The second-order valence-electron chi connectivity index (χ2n) is 5.19. The van der Waals surface area contributed by atoms with Crippen LogP contribution < -0.4 is 5.73 Å². The van der Waals surface area contributed by atoms with E-state index in [0.29, 0.717) is 5.69 Å². The Kier molecular flexibility index (Phi) is 3.57. The van der Waals surface area contributed by atoms with Gasteiger partial charge in [0.1, 0.15) is 0 Å². The van der Waals surface area contributed by atoms with Gasteiger partial charge in [0.2, 0.25) is 0 Å². The number of nitrogens with two attached hydrogens (primary N) is 1. The van der Waals surface area contributed by atoms with E-state index in [0.717, 1.165) is 35.7 Å². The minimum absolute atomic E-state index is 0.184. The van der Waals surface area contributed by atoms with Crippen molar-refractivity contribution in [3.05, 3.63) is 28.2 Å². The van der Waals surface area contributed by atoms with Crippen molar-refractivity contribution in [1.82, 2.24) is 0 Å². The standard InChI is InChI=1S/C14H18BrNO/c1-14(7-3-2-4-8-14)13(17)11-6-5-10(16)9-12(11)15/h5-6,9H,2-4,7-8,16H2,1H3. The summed E-state index contributed by atoms with van der Waals surface area (Å²) in [4.78, 5) is 12.6. The van der Waals surface area contributed by atoms with E-state index in [-0.39, 0.29) is 11.2 Å². The van der Waals surface area contributed by atoms with E-state index in [1.54, 1.807) is 12.1 Å². The topological polar surface area (TPSA) is 43.1 Å². The number of halogens is 1. The fourth-order valence-corrected chi connectivity index (χ4v) is 3.18. The van der Waals surface area contributed by atoms with Gasteiger partial charge in [0, 0.05) is 21.1 Å². The van der Waals surface area contributed by atoms with Crippen LogP contribution in [0.4, 0.5) is 5.69 Å². The largest absolute Gasteiger partial charge is 0.399 e. The molecule has 17 heavy (non-hydrogen) atoms. The molecular formula is C14H18BrNO. The minimum Gasteiger partial charge on any atom is -0.399 e. The molecule has 0 bridgehead atoms. The third kappa shape index (κ3) is 2.54. The van der Waals surface area contributed by atoms with Gasteiger partial charge in [-0.05, 0) is 47.0 Å². The lowest BCUT2D eigenvalue weighted by molar-refractivity contribution is 0.0748. The van der Waals surface area contributed by atoms with E-state index < -0.39 is 0 Å². The average Bonchev–Trinajstić information content (AvgIpc) is 2.29. The van der Waals surface area contributed by atoms with Gasteiger partial charge in [-0.25, -0.2) is 0 Å². The molecule has 2 nitrogen and oxygen atoms in total. The van der Waals surface area contributed by atoms with Crippen LogP contribution in [0, 0.1) is 5.41 Å². The van der Waals surface area contributed by atoms with E-state index in [2.05, 4.69) is 22.9 Å². The maximum atomic E-state index is 12.6. The molecule has 2 rings (SSSR count). The van der Waals surface area contributed by atoms with Crippen molar-refractivity contribution in [2.45, 2.75) is 39.0 Å². The first-order valence-electron chi connectivity index (χ1n) is 6.13. The summed E-state index contributed by atoms with van der Waals surface area (Å²) in [6.45, 7) is 2.09. The molecule has 0 spiro atoms.